The van der Waals surface area contributed by atoms with Crippen LogP contribution in [0.5, 0.6) is 11.5 Å². The van der Waals surface area contributed by atoms with Gasteiger partial charge in [0.05, 0.1) is 25.2 Å². The smallest absolute Gasteiger partial charge is 0.263 e. The maximum absolute atomic E-state index is 12.2. The summed E-state index contributed by atoms with van der Waals surface area (Å²) in [6, 6.07) is 5.25. The molecule has 0 saturated carbocycles. The molecule has 2 heterocycles. The number of thioether (sulfide) groups is 1. The van der Waals surface area contributed by atoms with Gasteiger partial charge in [-0.25, -0.2) is 0 Å². The largest absolute Gasteiger partial charge is 0.493 e. The highest BCUT2D eigenvalue weighted by atomic mass is 32.2. The number of carbonyl (C=O) groups excluding carboxylic acids is 2. The molecule has 9 heteroatoms. The number of hydrogen-bond donors (Lipinski definition) is 1. The summed E-state index contributed by atoms with van der Waals surface area (Å²) < 4.78 is 16.6. The first-order valence-electron chi connectivity index (χ1n) is 7.98. The molecule has 0 unspecified atom stereocenters. The molecule has 2 fully saturated rings. The number of carbonyl (C=O) groups is 2. The third-order valence-electron chi connectivity index (χ3n) is 3.84. The predicted octanol–water partition coefficient (Wildman–Crippen LogP) is 1.42. The van der Waals surface area contributed by atoms with E-state index < -0.39 is 0 Å². The molecule has 138 valence electrons. The quantitative estimate of drug-likeness (QED) is 0.598. The maximum Gasteiger partial charge on any atom is 0.263 e. The van der Waals surface area contributed by atoms with Gasteiger partial charge in [-0.05, 0) is 23.8 Å². The van der Waals surface area contributed by atoms with Crippen LogP contribution in [-0.2, 0) is 14.3 Å². The Bertz CT molecular complexity index is 760. The van der Waals surface area contributed by atoms with Crippen molar-refractivity contribution in [3.63, 3.8) is 0 Å². The topological polar surface area (TPSA) is 77.1 Å². The second-order valence-corrected chi connectivity index (χ2v) is 7.26. The van der Waals surface area contributed by atoms with Crippen molar-refractivity contribution in [1.82, 2.24) is 10.2 Å². The summed E-state index contributed by atoms with van der Waals surface area (Å²) in [6.07, 6.45) is 1.73. The lowest BCUT2D eigenvalue weighted by Crippen LogP contribution is -2.43. The van der Waals surface area contributed by atoms with Crippen LogP contribution in [0.1, 0.15) is 5.56 Å². The molecule has 0 aliphatic carbocycles. The number of hydrogen-bond acceptors (Lipinski definition) is 7. The van der Waals surface area contributed by atoms with Crippen molar-refractivity contribution in [2.24, 2.45) is 0 Å². The van der Waals surface area contributed by atoms with Crippen molar-refractivity contribution < 1.29 is 23.8 Å². The summed E-state index contributed by atoms with van der Waals surface area (Å²) in [4.78, 5) is 26.2. The molecule has 0 radical (unpaired) electrons. The van der Waals surface area contributed by atoms with Gasteiger partial charge < -0.3 is 24.4 Å². The molecular formula is C17H18N2O5S2. The van der Waals surface area contributed by atoms with Crippen LogP contribution in [0.4, 0.5) is 0 Å². The molecule has 1 N–H and O–H groups in total. The van der Waals surface area contributed by atoms with Crippen molar-refractivity contribution >= 4 is 46.2 Å². The number of thiocarbonyl (C=S) groups is 1. The van der Waals surface area contributed by atoms with E-state index in [1.165, 1.54) is 18.9 Å². The van der Waals surface area contributed by atoms with Crippen LogP contribution in [-0.4, -0.2) is 61.1 Å². The monoisotopic (exact) mass is 394 g/mol. The molecule has 2 aliphatic rings. The van der Waals surface area contributed by atoms with Crippen LogP contribution in [0, 0.1) is 0 Å². The van der Waals surface area contributed by atoms with E-state index in [1.807, 2.05) is 0 Å². The Kier molecular flexibility index (Phi) is 6.12. The Morgan fingerprint density at radius 3 is 2.81 bits per heavy atom. The second kappa shape index (κ2) is 8.52. The highest BCUT2D eigenvalue weighted by Crippen LogP contribution is 2.31. The van der Waals surface area contributed by atoms with Gasteiger partial charge >= 0.3 is 0 Å². The summed E-state index contributed by atoms with van der Waals surface area (Å²) in [5, 5.41) is 2.57. The second-order valence-electron chi connectivity index (χ2n) is 5.54. The molecule has 2 amide bonds. The first-order valence-corrected chi connectivity index (χ1v) is 9.20. The maximum atomic E-state index is 12.2. The third-order valence-corrected chi connectivity index (χ3v) is 5.01. The van der Waals surface area contributed by atoms with Gasteiger partial charge in [0.15, 0.2) is 18.1 Å². The number of rotatable bonds is 5. The Labute approximate surface area is 160 Å². The van der Waals surface area contributed by atoms with Crippen LogP contribution in [0.25, 0.3) is 6.08 Å². The lowest BCUT2D eigenvalue weighted by molar-refractivity contribution is -0.137. The fraction of sp³-hybridized carbons (Fsp3) is 0.353. The predicted molar refractivity (Wildman–Crippen MR) is 102 cm³/mol. The van der Waals surface area contributed by atoms with E-state index in [1.54, 1.807) is 29.2 Å². The number of ether oxygens (including phenoxy) is 3. The highest BCUT2D eigenvalue weighted by Gasteiger charge is 2.22. The molecule has 26 heavy (non-hydrogen) atoms. The normalized spacial score (nSPS) is 18.8. The Balaban J connectivity index is 1.67. The van der Waals surface area contributed by atoms with Gasteiger partial charge in [-0.3, -0.25) is 9.59 Å². The average Bonchev–Trinajstić information content (AvgIpc) is 2.97. The number of amides is 2. The van der Waals surface area contributed by atoms with E-state index in [0.29, 0.717) is 47.0 Å². The van der Waals surface area contributed by atoms with E-state index in [-0.39, 0.29) is 18.4 Å². The van der Waals surface area contributed by atoms with E-state index in [9.17, 15) is 9.59 Å². The van der Waals surface area contributed by atoms with Gasteiger partial charge in [0, 0.05) is 13.1 Å². The number of methoxy groups -OCH3 is 1. The highest BCUT2D eigenvalue weighted by molar-refractivity contribution is 8.26. The number of nitrogens with one attached hydrogen (secondary N) is 1. The Morgan fingerprint density at radius 2 is 2.15 bits per heavy atom. The zero-order valence-electron chi connectivity index (χ0n) is 14.1. The van der Waals surface area contributed by atoms with E-state index in [0.717, 1.165) is 5.56 Å². The van der Waals surface area contributed by atoms with Gasteiger partial charge in [-0.15, -0.1) is 0 Å². The van der Waals surface area contributed by atoms with Crippen molar-refractivity contribution in [3.8, 4) is 11.5 Å². The summed E-state index contributed by atoms with van der Waals surface area (Å²) in [6.45, 7) is 2.19. The minimum atomic E-state index is -0.213. The zero-order chi connectivity index (χ0) is 18.5. The number of nitrogens with zero attached hydrogens (tertiary/aromatic N) is 1. The summed E-state index contributed by atoms with van der Waals surface area (Å²) in [5.41, 5.74) is 0.774. The lowest BCUT2D eigenvalue weighted by atomic mass is 10.2. The third kappa shape index (κ3) is 4.54. The van der Waals surface area contributed by atoms with Crippen molar-refractivity contribution in [2.75, 3.05) is 40.0 Å². The first-order chi connectivity index (χ1) is 12.6. The van der Waals surface area contributed by atoms with Gasteiger partial charge in [0.2, 0.25) is 0 Å². The molecule has 0 aromatic heterocycles. The minimum absolute atomic E-state index is 0.0661. The molecule has 0 bridgehead atoms. The summed E-state index contributed by atoms with van der Waals surface area (Å²) in [5.74, 6) is 0.653. The van der Waals surface area contributed by atoms with Crippen molar-refractivity contribution in [3.05, 3.63) is 28.7 Å². The fourth-order valence-corrected chi connectivity index (χ4v) is 3.55. The van der Waals surface area contributed by atoms with E-state index in [4.69, 9.17) is 26.4 Å². The van der Waals surface area contributed by atoms with Gasteiger partial charge in [0.25, 0.3) is 11.8 Å². The SMILES string of the molecule is COc1cc(/C=C2\SC(=S)NC2=O)ccc1OCC(=O)N1CCOCC1. The molecular weight excluding hydrogens is 376 g/mol. The zero-order valence-corrected chi connectivity index (χ0v) is 15.8. The molecule has 3 rings (SSSR count). The molecule has 2 saturated heterocycles. The molecule has 7 nitrogen and oxygen atoms in total. The van der Waals surface area contributed by atoms with Gasteiger partial charge in [-0.1, -0.05) is 30.0 Å². The molecule has 1 aromatic carbocycles. The standard InChI is InChI=1S/C17H18N2O5S2/c1-22-13-8-11(9-14-16(21)18-17(25)26-14)2-3-12(13)24-10-15(20)19-4-6-23-7-5-19/h2-3,8-9H,4-7,10H2,1H3,(H,18,21,25)/b14-9-. The summed E-state index contributed by atoms with van der Waals surface area (Å²) >= 11 is 6.19. The Morgan fingerprint density at radius 1 is 1.38 bits per heavy atom. The molecule has 1 aromatic rings. The van der Waals surface area contributed by atoms with E-state index >= 15 is 0 Å². The van der Waals surface area contributed by atoms with Gasteiger partial charge in [0.1, 0.15) is 4.32 Å². The van der Waals surface area contributed by atoms with Crippen molar-refractivity contribution in [2.45, 2.75) is 0 Å². The number of morpholine rings is 1. The fourth-order valence-electron chi connectivity index (χ4n) is 2.51. The Hall–Kier alpha value is -2.10. The van der Waals surface area contributed by atoms with Crippen LogP contribution < -0.4 is 14.8 Å². The molecule has 2 aliphatic heterocycles. The van der Waals surface area contributed by atoms with Crippen LogP contribution in [0.2, 0.25) is 0 Å². The van der Waals surface area contributed by atoms with Crippen LogP contribution in [0.15, 0.2) is 23.1 Å². The van der Waals surface area contributed by atoms with Crippen LogP contribution in [0.3, 0.4) is 0 Å². The summed E-state index contributed by atoms with van der Waals surface area (Å²) in [7, 11) is 1.52. The first kappa shape index (κ1) is 18.7. The van der Waals surface area contributed by atoms with Crippen molar-refractivity contribution in [1.29, 1.82) is 0 Å². The van der Waals surface area contributed by atoms with Gasteiger partial charge in [-0.2, -0.15) is 0 Å². The number of benzene rings is 1. The average molecular weight is 394 g/mol. The molecule has 0 atom stereocenters. The molecule has 0 spiro atoms. The lowest BCUT2D eigenvalue weighted by Gasteiger charge is -2.26. The van der Waals surface area contributed by atoms with E-state index in [2.05, 4.69) is 5.32 Å². The minimum Gasteiger partial charge on any atom is -0.493 e. The van der Waals surface area contributed by atoms with Crippen LogP contribution >= 0.6 is 24.0 Å².